The van der Waals surface area contributed by atoms with E-state index in [9.17, 15) is 9.90 Å². The molecule has 0 aliphatic rings. The number of phenolic OH excluding ortho intramolecular Hbond substituents is 1. The summed E-state index contributed by atoms with van der Waals surface area (Å²) in [6.07, 6.45) is 1.89. The van der Waals surface area contributed by atoms with Gasteiger partial charge in [-0.25, -0.2) is 4.79 Å². The summed E-state index contributed by atoms with van der Waals surface area (Å²) in [5.74, 6) is -0.0822. The van der Waals surface area contributed by atoms with Crippen molar-refractivity contribution in [1.82, 2.24) is 0 Å². The summed E-state index contributed by atoms with van der Waals surface area (Å²) in [5.41, 5.74) is 1.46. The summed E-state index contributed by atoms with van der Waals surface area (Å²) in [6, 6.07) is 14.0. The quantitative estimate of drug-likeness (QED) is 0.657. The summed E-state index contributed by atoms with van der Waals surface area (Å²) in [4.78, 5) is 16.2. The lowest BCUT2D eigenvalue weighted by Gasteiger charge is -2.11. The Bertz CT molecular complexity index is 683. The molecule has 0 bridgehead atoms. The van der Waals surface area contributed by atoms with Crippen molar-refractivity contribution < 1.29 is 19.4 Å². The van der Waals surface area contributed by atoms with Crippen LogP contribution in [0.5, 0.6) is 11.5 Å². The Balaban J connectivity index is 2.22. The van der Waals surface area contributed by atoms with Crippen LogP contribution in [0.2, 0.25) is 0 Å². The summed E-state index contributed by atoms with van der Waals surface area (Å²) in [5, 5.41) is 10.1. The van der Waals surface area contributed by atoms with E-state index in [0.29, 0.717) is 17.7 Å². The van der Waals surface area contributed by atoms with Crippen LogP contribution < -0.4 is 4.74 Å². The zero-order chi connectivity index (χ0) is 16.7. The van der Waals surface area contributed by atoms with Crippen LogP contribution in [-0.2, 0) is 16.0 Å². The van der Waals surface area contributed by atoms with Crippen LogP contribution in [0.1, 0.15) is 11.1 Å². The SMILES string of the molecule is COC(=O)[C@H](Cc1ccccc1)N=Cc1cccc(OC)c1O. The molecular formula is C18H19NO4. The molecule has 0 radical (unpaired) electrons. The van der Waals surface area contributed by atoms with Gasteiger partial charge in [0.1, 0.15) is 0 Å². The maximum absolute atomic E-state index is 11.9. The van der Waals surface area contributed by atoms with Crippen LogP contribution >= 0.6 is 0 Å². The number of rotatable bonds is 6. The molecule has 0 saturated carbocycles. The van der Waals surface area contributed by atoms with Gasteiger partial charge in [0.15, 0.2) is 17.5 Å². The molecule has 2 rings (SSSR count). The second-order valence-corrected chi connectivity index (χ2v) is 4.90. The molecule has 0 heterocycles. The molecule has 0 amide bonds. The molecule has 2 aromatic rings. The van der Waals surface area contributed by atoms with Crippen molar-refractivity contribution in [2.75, 3.05) is 14.2 Å². The van der Waals surface area contributed by atoms with E-state index < -0.39 is 12.0 Å². The zero-order valence-electron chi connectivity index (χ0n) is 13.1. The van der Waals surface area contributed by atoms with E-state index >= 15 is 0 Å². The fourth-order valence-electron chi connectivity index (χ4n) is 2.15. The molecule has 0 saturated heterocycles. The third-order valence-electron chi connectivity index (χ3n) is 3.39. The number of para-hydroxylation sites is 1. The molecule has 5 nitrogen and oxygen atoms in total. The molecule has 0 spiro atoms. The van der Waals surface area contributed by atoms with Gasteiger partial charge in [-0.1, -0.05) is 36.4 Å². The van der Waals surface area contributed by atoms with E-state index in [4.69, 9.17) is 9.47 Å². The Morgan fingerprint density at radius 2 is 1.91 bits per heavy atom. The number of nitrogens with zero attached hydrogens (tertiary/aromatic N) is 1. The molecule has 0 aliphatic heterocycles. The van der Waals surface area contributed by atoms with E-state index in [-0.39, 0.29) is 5.75 Å². The van der Waals surface area contributed by atoms with Crippen LogP contribution in [0.15, 0.2) is 53.5 Å². The van der Waals surface area contributed by atoms with Crippen molar-refractivity contribution in [2.45, 2.75) is 12.5 Å². The largest absolute Gasteiger partial charge is 0.504 e. The number of carbonyl (C=O) groups excluding carboxylic acids is 1. The molecular weight excluding hydrogens is 294 g/mol. The number of carbonyl (C=O) groups is 1. The van der Waals surface area contributed by atoms with Gasteiger partial charge in [0.05, 0.1) is 14.2 Å². The predicted molar refractivity (Wildman–Crippen MR) is 88.2 cm³/mol. The molecule has 23 heavy (non-hydrogen) atoms. The van der Waals surface area contributed by atoms with Crippen LogP contribution in [0, 0.1) is 0 Å². The maximum Gasteiger partial charge on any atom is 0.330 e. The summed E-state index contributed by atoms with van der Waals surface area (Å²) < 4.78 is 9.86. The van der Waals surface area contributed by atoms with Crippen LogP contribution in [-0.4, -0.2) is 37.6 Å². The van der Waals surface area contributed by atoms with Crippen LogP contribution in [0.25, 0.3) is 0 Å². The number of methoxy groups -OCH3 is 2. The number of aliphatic imine (C=N–C) groups is 1. The molecule has 0 fully saturated rings. The highest BCUT2D eigenvalue weighted by atomic mass is 16.5. The lowest BCUT2D eigenvalue weighted by atomic mass is 10.1. The number of aromatic hydroxyl groups is 1. The van der Waals surface area contributed by atoms with Gasteiger partial charge in [0.2, 0.25) is 0 Å². The Labute approximate surface area is 135 Å². The van der Waals surface area contributed by atoms with Crippen molar-refractivity contribution in [3.63, 3.8) is 0 Å². The molecule has 1 atom stereocenters. The molecule has 5 heteroatoms. The number of benzene rings is 2. The fraction of sp³-hybridized carbons (Fsp3) is 0.222. The van der Waals surface area contributed by atoms with Gasteiger partial charge in [-0.05, 0) is 17.7 Å². The minimum Gasteiger partial charge on any atom is -0.504 e. The second-order valence-electron chi connectivity index (χ2n) is 4.90. The summed E-state index contributed by atoms with van der Waals surface area (Å²) >= 11 is 0. The summed E-state index contributed by atoms with van der Waals surface area (Å²) in [7, 11) is 2.81. The molecule has 0 unspecified atom stereocenters. The third-order valence-corrected chi connectivity index (χ3v) is 3.39. The average Bonchev–Trinajstić information content (AvgIpc) is 2.59. The highest BCUT2D eigenvalue weighted by Crippen LogP contribution is 2.28. The number of ether oxygens (including phenoxy) is 2. The van der Waals surface area contributed by atoms with Gasteiger partial charge in [-0.15, -0.1) is 0 Å². The van der Waals surface area contributed by atoms with Crippen molar-refractivity contribution in [1.29, 1.82) is 0 Å². The Morgan fingerprint density at radius 1 is 1.17 bits per heavy atom. The van der Waals surface area contributed by atoms with Gasteiger partial charge in [-0.2, -0.15) is 0 Å². The van der Waals surface area contributed by atoms with E-state index in [1.165, 1.54) is 20.4 Å². The van der Waals surface area contributed by atoms with Crippen LogP contribution in [0.3, 0.4) is 0 Å². The van der Waals surface area contributed by atoms with E-state index in [1.54, 1.807) is 18.2 Å². The minimum atomic E-state index is -0.673. The lowest BCUT2D eigenvalue weighted by Crippen LogP contribution is -2.23. The number of phenols is 1. The van der Waals surface area contributed by atoms with Gasteiger partial charge in [0, 0.05) is 18.2 Å². The predicted octanol–water partition coefficient (Wildman–Crippen LogP) is 2.60. The number of hydrogen-bond acceptors (Lipinski definition) is 5. The Kier molecular flexibility index (Phi) is 5.74. The molecule has 120 valence electrons. The first-order valence-corrected chi connectivity index (χ1v) is 7.16. The monoisotopic (exact) mass is 313 g/mol. The van der Waals surface area contributed by atoms with Crippen molar-refractivity contribution in [3.8, 4) is 11.5 Å². The van der Waals surface area contributed by atoms with Gasteiger partial charge >= 0.3 is 5.97 Å². The molecule has 0 aromatic heterocycles. The van der Waals surface area contributed by atoms with Crippen LogP contribution in [0.4, 0.5) is 0 Å². The molecule has 0 aliphatic carbocycles. The maximum atomic E-state index is 11.9. The van der Waals surface area contributed by atoms with E-state index in [1.807, 2.05) is 30.3 Å². The van der Waals surface area contributed by atoms with Crippen molar-refractivity contribution in [2.24, 2.45) is 4.99 Å². The minimum absolute atomic E-state index is 0.0120. The zero-order valence-corrected chi connectivity index (χ0v) is 13.1. The van der Waals surface area contributed by atoms with Gasteiger partial charge in [-0.3, -0.25) is 4.99 Å². The third kappa shape index (κ3) is 4.32. The number of esters is 1. The first-order valence-electron chi connectivity index (χ1n) is 7.16. The lowest BCUT2D eigenvalue weighted by molar-refractivity contribution is -0.142. The molecule has 2 aromatic carbocycles. The normalized spacial score (nSPS) is 12.1. The fourth-order valence-corrected chi connectivity index (χ4v) is 2.15. The Hall–Kier alpha value is -2.82. The standard InChI is InChI=1S/C18H19NO4/c1-22-16-10-6-9-14(17(16)20)12-19-15(18(21)23-2)11-13-7-4-3-5-8-13/h3-10,12,15,20H,11H2,1-2H3/t15-/m0/s1. The number of hydrogen-bond donors (Lipinski definition) is 1. The Morgan fingerprint density at radius 3 is 2.57 bits per heavy atom. The highest BCUT2D eigenvalue weighted by molar-refractivity contribution is 5.87. The average molecular weight is 313 g/mol. The first-order chi connectivity index (χ1) is 11.2. The van der Waals surface area contributed by atoms with Crippen molar-refractivity contribution in [3.05, 3.63) is 59.7 Å². The van der Waals surface area contributed by atoms with E-state index in [2.05, 4.69) is 4.99 Å². The van der Waals surface area contributed by atoms with Gasteiger partial charge < -0.3 is 14.6 Å². The smallest absolute Gasteiger partial charge is 0.330 e. The highest BCUT2D eigenvalue weighted by Gasteiger charge is 2.18. The topological polar surface area (TPSA) is 68.1 Å². The summed E-state index contributed by atoms with van der Waals surface area (Å²) in [6.45, 7) is 0. The van der Waals surface area contributed by atoms with Gasteiger partial charge in [0.25, 0.3) is 0 Å². The van der Waals surface area contributed by atoms with E-state index in [0.717, 1.165) is 5.56 Å². The molecule has 1 N–H and O–H groups in total. The first kappa shape index (κ1) is 16.5. The second kappa shape index (κ2) is 7.98. The van der Waals surface area contributed by atoms with Crippen molar-refractivity contribution >= 4 is 12.2 Å².